The van der Waals surface area contributed by atoms with Gasteiger partial charge in [-0.3, -0.25) is 4.55 Å². The summed E-state index contributed by atoms with van der Waals surface area (Å²) in [5.74, 6) is 0. The van der Waals surface area contributed by atoms with E-state index in [2.05, 4.69) is 4.18 Å². The molecule has 0 saturated carbocycles. The maximum Gasteiger partial charge on any atom is 1.00 e. The summed E-state index contributed by atoms with van der Waals surface area (Å²) in [6.45, 7) is -0.944. The maximum absolute atomic E-state index is 10.2. The van der Waals surface area contributed by atoms with Crippen LogP contribution in [-0.4, -0.2) is 80.9 Å². The van der Waals surface area contributed by atoms with E-state index < -0.39 is 47.7 Å². The summed E-state index contributed by atoms with van der Waals surface area (Å²) in [5.41, 5.74) is 0. The Balaban J connectivity index is -0.00000128. The topological polar surface area (TPSA) is 185 Å². The van der Waals surface area contributed by atoms with Crippen LogP contribution in [0.3, 0.4) is 0 Å². The molecular weight excluding hydrogens is 287 g/mol. The van der Waals surface area contributed by atoms with Gasteiger partial charge >= 0.3 is 40.0 Å². The third-order valence-electron chi connectivity index (χ3n) is 1.79. The van der Waals surface area contributed by atoms with Gasteiger partial charge in [-0.05, 0) is 0 Å². The molecule has 5 atom stereocenters. The van der Waals surface area contributed by atoms with Crippen LogP contribution in [0.5, 0.6) is 0 Å². The first-order valence-corrected chi connectivity index (χ1v) is 5.63. The van der Waals surface area contributed by atoms with Crippen LogP contribution >= 0.6 is 0 Å². The van der Waals surface area contributed by atoms with Crippen molar-refractivity contribution in [3.05, 3.63) is 0 Å². The quantitative estimate of drug-likeness (QED) is 0.135. The van der Waals surface area contributed by atoms with Crippen LogP contribution in [-0.2, 0) is 14.6 Å². The fraction of sp³-hybridized carbons (Fsp3) is 1.00. The van der Waals surface area contributed by atoms with Gasteiger partial charge in [-0.25, -0.2) is 4.18 Å². The smallest absolute Gasteiger partial charge is 1.00 e. The van der Waals surface area contributed by atoms with Gasteiger partial charge in [0.2, 0.25) is 6.29 Å². The molecule has 10 nitrogen and oxygen atoms in total. The summed E-state index contributed by atoms with van der Waals surface area (Å²) in [6.07, 6.45) is -11.0. The number of hydrogen-bond donors (Lipinski definition) is 7. The second-order valence-electron chi connectivity index (χ2n) is 3.14. The number of aliphatic hydroxyl groups is 6. The molecule has 0 aliphatic heterocycles. The Kier molecular flexibility index (Phi) is 10.2. The Hall–Kier alpha value is 0.630. The molecule has 7 N–H and O–H groups in total. The van der Waals surface area contributed by atoms with Crippen molar-refractivity contribution in [2.45, 2.75) is 30.7 Å². The van der Waals surface area contributed by atoms with Crippen molar-refractivity contribution >= 4 is 10.4 Å². The van der Waals surface area contributed by atoms with E-state index in [1.54, 1.807) is 0 Å². The van der Waals surface area contributed by atoms with Crippen LogP contribution in [0.4, 0.5) is 0 Å². The third-order valence-corrected chi connectivity index (χ3v) is 2.23. The fourth-order valence-corrected chi connectivity index (χ4v) is 1.25. The predicted molar refractivity (Wildman–Crippen MR) is 50.9 cm³/mol. The summed E-state index contributed by atoms with van der Waals surface area (Å²) >= 11 is 0. The minimum Gasteiger partial charge on any atom is -1.00 e. The number of aliphatic hydroxyl groups excluding tert-OH is 6. The molecule has 0 heterocycles. The first kappa shape index (κ1) is 20.9. The van der Waals surface area contributed by atoms with Crippen LogP contribution in [0.2, 0.25) is 0 Å². The van der Waals surface area contributed by atoms with Crippen LogP contribution in [0.15, 0.2) is 0 Å². The minimum absolute atomic E-state index is 0. The van der Waals surface area contributed by atoms with Crippen molar-refractivity contribution in [1.82, 2.24) is 0 Å². The van der Waals surface area contributed by atoms with Gasteiger partial charge in [0.1, 0.15) is 24.4 Å². The maximum atomic E-state index is 10.2. The summed E-state index contributed by atoms with van der Waals surface area (Å²) in [5, 5.41) is 53.6. The average molecular weight is 302 g/mol. The van der Waals surface area contributed by atoms with Crippen LogP contribution in [0.25, 0.3) is 0 Å². The molecule has 12 heteroatoms. The van der Waals surface area contributed by atoms with E-state index >= 15 is 0 Å². The Morgan fingerprint density at radius 3 is 1.78 bits per heavy atom. The molecule has 0 bridgehead atoms. The second kappa shape index (κ2) is 8.73. The Morgan fingerprint density at radius 1 is 1.00 bits per heavy atom. The molecule has 1 unspecified atom stereocenters. The van der Waals surface area contributed by atoms with Crippen molar-refractivity contribution < 1.29 is 78.8 Å². The van der Waals surface area contributed by atoms with E-state index in [0.717, 1.165) is 0 Å². The number of hydrogen-bond acceptors (Lipinski definition) is 9. The molecule has 0 aliphatic rings. The molecule has 0 aromatic heterocycles. The zero-order valence-corrected chi connectivity index (χ0v) is 12.2. The van der Waals surface area contributed by atoms with E-state index in [9.17, 15) is 8.42 Å². The summed E-state index contributed by atoms with van der Waals surface area (Å²) < 4.78 is 32.0. The SMILES string of the molecule is O=S(=O)(O)OC(O)[C@H](O)[C@@H](O)[C@H](O)[C@H](O)CO.[H-].[Na+]. The molecule has 0 radical (unpaired) electrons. The minimum atomic E-state index is -5.07. The van der Waals surface area contributed by atoms with Gasteiger partial charge in [0.25, 0.3) is 0 Å². The monoisotopic (exact) mass is 302 g/mol. The number of rotatable bonds is 7. The van der Waals surface area contributed by atoms with Crippen LogP contribution < -0.4 is 29.6 Å². The largest absolute Gasteiger partial charge is 1.00 e. The van der Waals surface area contributed by atoms with Gasteiger partial charge in [-0.15, -0.1) is 0 Å². The van der Waals surface area contributed by atoms with Crippen LogP contribution in [0, 0.1) is 0 Å². The third kappa shape index (κ3) is 7.28. The molecule has 106 valence electrons. The normalized spacial score (nSPS) is 20.4. The van der Waals surface area contributed by atoms with Crippen molar-refractivity contribution in [3.63, 3.8) is 0 Å². The molecule has 0 aliphatic carbocycles. The van der Waals surface area contributed by atoms with E-state index in [0.29, 0.717) is 0 Å². The van der Waals surface area contributed by atoms with Crippen molar-refractivity contribution in [2.75, 3.05) is 6.61 Å². The van der Waals surface area contributed by atoms with Gasteiger partial charge in [0, 0.05) is 0 Å². The van der Waals surface area contributed by atoms with Crippen molar-refractivity contribution in [1.29, 1.82) is 0 Å². The van der Waals surface area contributed by atoms with Gasteiger partial charge in [0.05, 0.1) is 6.61 Å². The summed E-state index contributed by atoms with van der Waals surface area (Å²) in [6, 6.07) is 0. The van der Waals surface area contributed by atoms with Gasteiger partial charge in [-0.2, -0.15) is 8.42 Å². The standard InChI is InChI=1S/C6H14O10S.Na.H/c7-1-2(8)3(9)4(10)5(11)6(12)16-17(13,14)15;;/h2-12H,1H2,(H,13,14,15);;/q;+1;-1/t2-,3-,4+,5-,6?;;/m1../s1. The molecule has 0 rings (SSSR count). The van der Waals surface area contributed by atoms with Gasteiger partial charge in [-0.1, -0.05) is 0 Å². The summed E-state index contributed by atoms with van der Waals surface area (Å²) in [4.78, 5) is 0. The second-order valence-corrected chi connectivity index (χ2v) is 4.18. The van der Waals surface area contributed by atoms with Gasteiger partial charge < -0.3 is 32.1 Å². The van der Waals surface area contributed by atoms with E-state index in [-0.39, 0.29) is 31.0 Å². The summed E-state index contributed by atoms with van der Waals surface area (Å²) in [7, 11) is -5.07. The molecule has 0 amide bonds. The van der Waals surface area contributed by atoms with E-state index in [1.807, 2.05) is 0 Å². The molecule has 18 heavy (non-hydrogen) atoms. The first-order valence-electron chi connectivity index (χ1n) is 4.27. The van der Waals surface area contributed by atoms with Crippen LogP contribution in [0.1, 0.15) is 1.43 Å². The molecular formula is C6H15NaO10S. The first-order chi connectivity index (χ1) is 7.60. The van der Waals surface area contributed by atoms with Crippen molar-refractivity contribution in [2.24, 2.45) is 0 Å². The van der Waals surface area contributed by atoms with Gasteiger partial charge in [0.15, 0.2) is 0 Å². The van der Waals surface area contributed by atoms with E-state index in [4.69, 9.17) is 35.2 Å². The predicted octanol–water partition coefficient (Wildman–Crippen LogP) is -7.32. The average Bonchev–Trinajstić information content (AvgIpc) is 2.22. The molecule has 0 spiro atoms. The Labute approximate surface area is 126 Å². The zero-order valence-electron chi connectivity index (χ0n) is 10.4. The Bertz CT molecular complexity index is 326. The zero-order chi connectivity index (χ0) is 13.8. The molecule has 0 saturated heterocycles. The molecule has 0 aromatic carbocycles. The van der Waals surface area contributed by atoms with Crippen molar-refractivity contribution in [3.8, 4) is 0 Å². The molecule has 0 fully saturated rings. The Morgan fingerprint density at radius 2 is 1.44 bits per heavy atom. The molecule has 0 aromatic rings. The van der Waals surface area contributed by atoms with E-state index in [1.165, 1.54) is 0 Å². The fourth-order valence-electron chi connectivity index (χ4n) is 0.888.